The van der Waals surface area contributed by atoms with Crippen LogP contribution in [0.3, 0.4) is 0 Å². The van der Waals surface area contributed by atoms with Gasteiger partial charge in [-0.15, -0.1) is 0 Å². The summed E-state index contributed by atoms with van der Waals surface area (Å²) in [5.41, 5.74) is 2.84. The van der Waals surface area contributed by atoms with Crippen LogP contribution in [0.25, 0.3) is 6.08 Å². The van der Waals surface area contributed by atoms with Gasteiger partial charge in [-0.25, -0.2) is 0 Å². The molecule has 2 aromatic rings. The van der Waals surface area contributed by atoms with E-state index in [9.17, 15) is 9.59 Å². The average Bonchev–Trinajstić information content (AvgIpc) is 2.99. The van der Waals surface area contributed by atoms with Gasteiger partial charge in [0.05, 0.1) is 5.69 Å². The smallest absolute Gasteiger partial charge is 0.248 e. The summed E-state index contributed by atoms with van der Waals surface area (Å²) in [5.74, 6) is 0.538. The van der Waals surface area contributed by atoms with Crippen molar-refractivity contribution in [1.82, 2.24) is 0 Å². The monoisotopic (exact) mass is 323 g/mol. The zero-order valence-corrected chi connectivity index (χ0v) is 13.5. The molecule has 2 aromatic carbocycles. The maximum Gasteiger partial charge on any atom is 0.248 e. The highest BCUT2D eigenvalue weighted by Gasteiger charge is 2.19. The van der Waals surface area contributed by atoms with Crippen LogP contribution in [0.4, 0.5) is 5.69 Å². The molecule has 3 rings (SSSR count). The van der Waals surface area contributed by atoms with Gasteiger partial charge in [0.2, 0.25) is 12.7 Å². The van der Waals surface area contributed by atoms with Crippen molar-refractivity contribution >= 4 is 23.5 Å². The molecule has 0 bridgehead atoms. The van der Waals surface area contributed by atoms with Crippen LogP contribution in [-0.4, -0.2) is 18.5 Å². The lowest BCUT2D eigenvalue weighted by atomic mass is 10.1. The second-order valence-electron chi connectivity index (χ2n) is 5.54. The van der Waals surface area contributed by atoms with Crippen LogP contribution >= 0.6 is 0 Å². The summed E-state index contributed by atoms with van der Waals surface area (Å²) in [6, 6.07) is 11.0. The van der Waals surface area contributed by atoms with Gasteiger partial charge in [-0.1, -0.05) is 29.8 Å². The first-order valence-corrected chi connectivity index (χ1v) is 7.53. The third-order valence-electron chi connectivity index (χ3n) is 3.62. The van der Waals surface area contributed by atoms with E-state index in [2.05, 4.69) is 5.32 Å². The number of carbonyl (C=O) groups is 2. The Morgan fingerprint density at radius 1 is 1.12 bits per heavy atom. The summed E-state index contributed by atoms with van der Waals surface area (Å²) >= 11 is 0. The van der Waals surface area contributed by atoms with E-state index >= 15 is 0 Å². The number of benzene rings is 2. The van der Waals surface area contributed by atoms with Crippen molar-refractivity contribution in [1.29, 1.82) is 0 Å². The van der Waals surface area contributed by atoms with Crippen molar-refractivity contribution in [2.75, 3.05) is 12.1 Å². The maximum atomic E-state index is 12.2. The van der Waals surface area contributed by atoms with Crippen molar-refractivity contribution in [3.8, 4) is 11.5 Å². The third-order valence-corrected chi connectivity index (χ3v) is 3.62. The number of ketones is 1. The molecule has 1 amide bonds. The Morgan fingerprint density at radius 2 is 1.88 bits per heavy atom. The Morgan fingerprint density at radius 3 is 2.58 bits per heavy atom. The average molecular weight is 323 g/mol. The standard InChI is InChI=1S/C19H17NO4/c1-12-4-3-5-14(8-12)6-7-19(22)20-16-10-18-17(23-11-24-18)9-15(16)13(2)21/h3-10H,11H2,1-2H3,(H,20,22)/b7-6+. The molecule has 0 saturated carbocycles. The lowest BCUT2D eigenvalue weighted by Gasteiger charge is -2.09. The summed E-state index contributed by atoms with van der Waals surface area (Å²) in [6.45, 7) is 3.54. The van der Waals surface area contributed by atoms with Gasteiger partial charge in [0, 0.05) is 17.7 Å². The van der Waals surface area contributed by atoms with Crippen LogP contribution < -0.4 is 14.8 Å². The lowest BCUT2D eigenvalue weighted by molar-refractivity contribution is -0.111. The van der Waals surface area contributed by atoms with E-state index < -0.39 is 0 Å². The van der Waals surface area contributed by atoms with Crippen molar-refractivity contribution in [3.05, 3.63) is 59.2 Å². The zero-order valence-electron chi connectivity index (χ0n) is 13.5. The first kappa shape index (κ1) is 15.8. The number of carbonyl (C=O) groups excluding carboxylic acids is 2. The molecular weight excluding hydrogens is 306 g/mol. The van der Waals surface area contributed by atoms with E-state index in [-0.39, 0.29) is 18.5 Å². The minimum absolute atomic E-state index is 0.108. The van der Waals surface area contributed by atoms with Gasteiger partial charge in [0.15, 0.2) is 17.3 Å². The molecule has 0 aliphatic carbocycles. The van der Waals surface area contributed by atoms with Crippen LogP contribution in [0.2, 0.25) is 0 Å². The maximum absolute atomic E-state index is 12.2. The Balaban J connectivity index is 1.80. The van der Waals surface area contributed by atoms with Gasteiger partial charge < -0.3 is 14.8 Å². The van der Waals surface area contributed by atoms with Crippen LogP contribution in [0, 0.1) is 6.92 Å². The molecule has 0 fully saturated rings. The first-order valence-electron chi connectivity index (χ1n) is 7.53. The molecule has 0 spiro atoms. The highest BCUT2D eigenvalue weighted by molar-refractivity contribution is 6.08. The number of fused-ring (bicyclic) bond motifs is 1. The van der Waals surface area contributed by atoms with Gasteiger partial charge in [-0.3, -0.25) is 9.59 Å². The van der Waals surface area contributed by atoms with Crippen LogP contribution in [-0.2, 0) is 4.79 Å². The molecule has 0 aromatic heterocycles. The number of amides is 1. The van der Waals surface area contributed by atoms with Crippen molar-refractivity contribution in [2.24, 2.45) is 0 Å². The summed E-state index contributed by atoms with van der Waals surface area (Å²) in [7, 11) is 0. The number of hydrogen-bond donors (Lipinski definition) is 1. The summed E-state index contributed by atoms with van der Waals surface area (Å²) < 4.78 is 10.6. The predicted molar refractivity (Wildman–Crippen MR) is 91.4 cm³/mol. The molecule has 5 heteroatoms. The number of ether oxygens (including phenoxy) is 2. The number of anilines is 1. The fourth-order valence-corrected chi connectivity index (χ4v) is 2.46. The highest BCUT2D eigenvalue weighted by atomic mass is 16.7. The molecule has 1 N–H and O–H groups in total. The van der Waals surface area contributed by atoms with Crippen molar-refractivity contribution < 1.29 is 19.1 Å². The summed E-state index contributed by atoms with van der Waals surface area (Å²) in [5, 5.41) is 2.72. The van der Waals surface area contributed by atoms with Crippen molar-refractivity contribution in [3.63, 3.8) is 0 Å². The zero-order chi connectivity index (χ0) is 17.1. The van der Waals surface area contributed by atoms with Gasteiger partial charge in [-0.2, -0.15) is 0 Å². The van der Waals surface area contributed by atoms with E-state index in [1.54, 1.807) is 18.2 Å². The largest absolute Gasteiger partial charge is 0.454 e. The number of Topliss-reactive ketones (excluding diaryl/α,β-unsaturated/α-hetero) is 1. The van der Waals surface area contributed by atoms with Gasteiger partial charge in [0.1, 0.15) is 0 Å². The predicted octanol–water partition coefficient (Wildman–Crippen LogP) is 3.58. The molecular formula is C19H17NO4. The SMILES string of the molecule is CC(=O)c1cc2c(cc1NC(=O)/C=C/c1cccc(C)c1)OCO2. The molecule has 0 unspecified atom stereocenters. The number of aryl methyl sites for hydroxylation is 1. The normalized spacial score (nSPS) is 12.4. The Bertz CT molecular complexity index is 839. The summed E-state index contributed by atoms with van der Waals surface area (Å²) in [4.78, 5) is 24.0. The molecule has 24 heavy (non-hydrogen) atoms. The molecule has 1 aliphatic heterocycles. The summed E-state index contributed by atoms with van der Waals surface area (Å²) in [6.07, 6.45) is 3.16. The number of hydrogen-bond acceptors (Lipinski definition) is 4. The second-order valence-corrected chi connectivity index (χ2v) is 5.54. The molecule has 1 heterocycles. The molecule has 0 radical (unpaired) electrons. The van der Waals surface area contributed by atoms with E-state index in [0.29, 0.717) is 22.7 Å². The van der Waals surface area contributed by atoms with E-state index in [4.69, 9.17) is 9.47 Å². The lowest BCUT2D eigenvalue weighted by Crippen LogP contribution is -2.11. The Labute approximate surface area is 139 Å². The quantitative estimate of drug-likeness (QED) is 0.690. The number of nitrogens with one attached hydrogen (secondary N) is 1. The van der Waals surface area contributed by atoms with E-state index in [0.717, 1.165) is 11.1 Å². The van der Waals surface area contributed by atoms with Gasteiger partial charge in [-0.05, 0) is 31.6 Å². The topological polar surface area (TPSA) is 64.6 Å². The third kappa shape index (κ3) is 3.46. The highest BCUT2D eigenvalue weighted by Crippen LogP contribution is 2.37. The van der Waals surface area contributed by atoms with Crippen LogP contribution in [0.1, 0.15) is 28.4 Å². The Kier molecular flexibility index (Phi) is 4.33. The molecule has 122 valence electrons. The fraction of sp³-hybridized carbons (Fsp3) is 0.158. The van der Waals surface area contributed by atoms with Gasteiger partial charge in [0.25, 0.3) is 0 Å². The Hall–Kier alpha value is -3.08. The minimum Gasteiger partial charge on any atom is -0.454 e. The van der Waals surface area contributed by atoms with Crippen LogP contribution in [0.15, 0.2) is 42.5 Å². The molecule has 0 atom stereocenters. The minimum atomic E-state index is -0.321. The number of rotatable bonds is 4. The van der Waals surface area contributed by atoms with Crippen molar-refractivity contribution in [2.45, 2.75) is 13.8 Å². The van der Waals surface area contributed by atoms with Gasteiger partial charge >= 0.3 is 0 Å². The first-order chi connectivity index (χ1) is 11.5. The molecule has 5 nitrogen and oxygen atoms in total. The van der Waals surface area contributed by atoms with Crippen LogP contribution in [0.5, 0.6) is 11.5 Å². The molecule has 1 aliphatic rings. The fourth-order valence-electron chi connectivity index (χ4n) is 2.46. The second kappa shape index (κ2) is 6.58. The molecule has 0 saturated heterocycles. The van der Waals surface area contributed by atoms with E-state index in [1.807, 2.05) is 31.2 Å². The van der Waals surface area contributed by atoms with E-state index in [1.165, 1.54) is 13.0 Å².